The number of hydrogen-bond donors (Lipinski definition) is 0. The van der Waals surface area contributed by atoms with Crippen LogP contribution in [-0.4, -0.2) is 3.21 Å². The van der Waals surface area contributed by atoms with Crippen molar-refractivity contribution in [2.24, 2.45) is 0 Å². The molecule has 0 N–H and O–H groups in total. The fraction of sp³-hybridized carbons (Fsp3) is 0.0286. The zero-order valence-electron chi connectivity index (χ0n) is 21.7. The van der Waals surface area contributed by atoms with Crippen molar-refractivity contribution >= 4 is 36.9 Å². The first-order chi connectivity index (χ1) is 18.5. The minimum Gasteiger partial charge on any atom is -1.00 e. The minimum absolute atomic E-state index is 0. The standard InChI is InChI=1S/C17H13.C13H8F2.C5H5.2ClH.Zr/c1-3-12-5-7-14-11-15-8-6-13(4-2)10-17(15)16(14)9-12;14-12-5-1-10(2-6-12)9-11-3-7-13(15)8-4-11;1-2-4-5-3-1;;;/h3-11H,1-2H2;1-8H;1-3H,4H2;2*1H;/q-1;;-1;;;+2/p-2. The summed E-state index contributed by atoms with van der Waals surface area (Å²) in [6.45, 7) is 7.64. The molecule has 1 aliphatic carbocycles. The van der Waals surface area contributed by atoms with E-state index >= 15 is 0 Å². The molecule has 0 saturated carbocycles. The monoisotopic (exact) mass is 644 g/mol. The molecule has 5 heteroatoms. The van der Waals surface area contributed by atoms with E-state index in [9.17, 15) is 8.78 Å². The van der Waals surface area contributed by atoms with Gasteiger partial charge >= 0.3 is 108 Å². The molecule has 0 aliphatic heterocycles. The number of rotatable bonds is 4. The van der Waals surface area contributed by atoms with Crippen LogP contribution < -0.4 is 24.8 Å². The van der Waals surface area contributed by atoms with E-state index in [0.29, 0.717) is 0 Å². The summed E-state index contributed by atoms with van der Waals surface area (Å²) >= 11 is 1.22. The van der Waals surface area contributed by atoms with E-state index < -0.39 is 0 Å². The normalized spacial score (nSPS) is 10.9. The number of allylic oxidation sites excluding steroid dienone is 4. The van der Waals surface area contributed by atoms with Gasteiger partial charge in [-0.25, -0.2) is 12.2 Å². The molecule has 0 unspecified atom stereocenters. The van der Waals surface area contributed by atoms with Crippen molar-refractivity contribution in [2.45, 2.75) is 6.42 Å². The third kappa shape index (κ3) is 8.70. The van der Waals surface area contributed by atoms with Crippen molar-refractivity contribution in [3.05, 3.63) is 162 Å². The van der Waals surface area contributed by atoms with Crippen LogP contribution in [-0.2, 0) is 24.2 Å². The summed E-state index contributed by atoms with van der Waals surface area (Å²) in [5, 5.41) is 5.15. The third-order valence-electron chi connectivity index (χ3n) is 6.08. The summed E-state index contributed by atoms with van der Waals surface area (Å²) in [7, 11) is 0. The molecule has 200 valence electrons. The Morgan fingerprint density at radius 1 is 0.725 bits per heavy atom. The smallest absolute Gasteiger partial charge is 0.109 e. The van der Waals surface area contributed by atoms with E-state index in [1.54, 1.807) is 24.3 Å². The van der Waals surface area contributed by atoms with Gasteiger partial charge in [0.25, 0.3) is 0 Å². The van der Waals surface area contributed by atoms with Crippen molar-refractivity contribution < 1.29 is 57.8 Å². The zero-order chi connectivity index (χ0) is 26.9. The molecule has 0 heterocycles. The van der Waals surface area contributed by atoms with Crippen LogP contribution in [0.3, 0.4) is 0 Å². The van der Waals surface area contributed by atoms with Crippen LogP contribution in [0, 0.1) is 17.7 Å². The van der Waals surface area contributed by atoms with Crippen LogP contribution in [0.25, 0.3) is 33.7 Å². The predicted molar refractivity (Wildman–Crippen MR) is 155 cm³/mol. The number of benzene rings is 4. The average molecular weight is 647 g/mol. The van der Waals surface area contributed by atoms with E-state index in [-0.39, 0.29) is 36.4 Å². The van der Waals surface area contributed by atoms with E-state index in [4.69, 9.17) is 0 Å². The molecule has 0 aromatic heterocycles. The Morgan fingerprint density at radius 3 is 1.50 bits per heavy atom. The molecule has 0 amide bonds. The zero-order valence-corrected chi connectivity index (χ0v) is 25.7. The molecule has 40 heavy (non-hydrogen) atoms. The topological polar surface area (TPSA) is 0 Å². The van der Waals surface area contributed by atoms with Crippen LogP contribution in [0.4, 0.5) is 8.78 Å². The molecule has 5 aromatic rings. The largest absolute Gasteiger partial charge is 1.00 e. The first-order valence-corrected chi connectivity index (χ1v) is 13.4. The molecule has 1 aliphatic rings. The van der Waals surface area contributed by atoms with Crippen molar-refractivity contribution in [1.82, 2.24) is 0 Å². The number of halogens is 4. The van der Waals surface area contributed by atoms with E-state index in [0.717, 1.165) is 31.9 Å². The maximum Gasteiger partial charge on any atom is -0.109 e. The van der Waals surface area contributed by atoms with Gasteiger partial charge in [0.1, 0.15) is 0 Å². The maximum absolute atomic E-state index is 12.8. The summed E-state index contributed by atoms with van der Waals surface area (Å²) in [5.41, 5.74) is 4.28. The van der Waals surface area contributed by atoms with Crippen molar-refractivity contribution in [2.75, 3.05) is 0 Å². The molecule has 0 radical (unpaired) electrons. The van der Waals surface area contributed by atoms with Crippen LogP contribution >= 0.6 is 0 Å². The molecule has 5 aromatic carbocycles. The molecule has 0 nitrogen and oxygen atoms in total. The Hall–Kier alpha value is -3.10. The fourth-order valence-electron chi connectivity index (χ4n) is 4.03. The summed E-state index contributed by atoms with van der Waals surface area (Å²) < 4.78 is 26.6. The third-order valence-corrected chi connectivity index (χ3v) is 7.50. The Kier molecular flexibility index (Phi) is 13.4. The van der Waals surface area contributed by atoms with Crippen LogP contribution in [0.2, 0.25) is 0 Å². The molecule has 0 saturated heterocycles. The van der Waals surface area contributed by atoms with Crippen LogP contribution in [0.15, 0.2) is 122 Å². The first kappa shape index (κ1) is 33.1. The van der Waals surface area contributed by atoms with Gasteiger partial charge < -0.3 is 24.8 Å². The molecule has 0 bridgehead atoms. The summed E-state index contributed by atoms with van der Waals surface area (Å²) in [6, 6.07) is 27.8. The summed E-state index contributed by atoms with van der Waals surface area (Å²) in [5.74, 6) is -0.488. The van der Waals surface area contributed by atoms with Gasteiger partial charge in [-0.2, -0.15) is 6.08 Å². The van der Waals surface area contributed by atoms with Gasteiger partial charge in [-0.3, -0.25) is 6.08 Å². The quantitative estimate of drug-likeness (QED) is 0.263. The predicted octanol–water partition coefficient (Wildman–Crippen LogP) is 3.39. The molecule has 0 fully saturated rings. The second-order valence-corrected chi connectivity index (χ2v) is 9.87. The Morgan fingerprint density at radius 2 is 1.18 bits per heavy atom. The van der Waals surface area contributed by atoms with Gasteiger partial charge in [-0.15, -0.1) is 46.2 Å². The Balaban J connectivity index is 0.000000229. The van der Waals surface area contributed by atoms with Gasteiger partial charge in [0.15, 0.2) is 0 Å². The summed E-state index contributed by atoms with van der Waals surface area (Å²) in [4.78, 5) is 0. The SMILES string of the molecule is C=Cc1ccc2[cH-]c3ccc(C=C)cc3c2c1.Fc1ccc([C](=[Zr+2])c2ccc(F)cc2)cc1.[C-]1=CC=CC1.[Cl-].[Cl-]. The average Bonchev–Trinajstić information content (AvgIpc) is 3.65. The number of hydrogen-bond acceptors (Lipinski definition) is 0. The second-order valence-electron chi connectivity index (χ2n) is 8.64. The van der Waals surface area contributed by atoms with Gasteiger partial charge in [0, 0.05) is 0 Å². The van der Waals surface area contributed by atoms with E-state index in [2.05, 4.69) is 67.8 Å². The van der Waals surface area contributed by atoms with Gasteiger partial charge in [-0.1, -0.05) is 49.6 Å². The van der Waals surface area contributed by atoms with Crippen molar-refractivity contribution in [3.8, 4) is 0 Å². The second kappa shape index (κ2) is 16.2. The Bertz CT molecular complexity index is 1520. The molecular weight excluding hydrogens is 621 g/mol. The van der Waals surface area contributed by atoms with E-state index in [1.807, 2.05) is 24.3 Å². The first-order valence-electron chi connectivity index (χ1n) is 12.2. The van der Waals surface area contributed by atoms with Gasteiger partial charge in [-0.05, 0) is 11.1 Å². The van der Waals surface area contributed by atoms with Crippen molar-refractivity contribution in [3.63, 3.8) is 0 Å². The van der Waals surface area contributed by atoms with E-state index in [1.165, 1.54) is 70.0 Å². The molecule has 0 spiro atoms. The number of fused-ring (bicyclic) bond motifs is 3. The van der Waals surface area contributed by atoms with Gasteiger partial charge in [0.2, 0.25) is 0 Å². The maximum atomic E-state index is 12.8. The van der Waals surface area contributed by atoms with Crippen LogP contribution in [0.5, 0.6) is 0 Å². The van der Waals surface area contributed by atoms with Crippen molar-refractivity contribution in [1.29, 1.82) is 0 Å². The molecular formula is C35H26Cl2F2Zr-2. The molecule has 0 atom stereocenters. The summed E-state index contributed by atoms with van der Waals surface area (Å²) in [6.07, 6.45) is 13.8. The minimum atomic E-state index is -0.244. The van der Waals surface area contributed by atoms with Gasteiger partial charge in [0.05, 0.1) is 0 Å². The van der Waals surface area contributed by atoms with Crippen LogP contribution in [0.1, 0.15) is 28.7 Å². The fourth-order valence-corrected chi connectivity index (χ4v) is 4.85. The molecule has 6 rings (SSSR count). The Labute approximate surface area is 261 Å².